The van der Waals surface area contributed by atoms with Crippen molar-refractivity contribution < 1.29 is 126 Å². The molecule has 120 heavy (non-hydrogen) atoms. The van der Waals surface area contributed by atoms with E-state index in [0.717, 1.165) is 20.8 Å². The SMILES string of the molecule is COc1nc(N)nc2c1ncn2[C@@H]1O[C@H](COP(=O)(N[C@H](C)C(=O)OC(C)C)Oc2ccccc2)[C@@H](O)[C@@]1(C)F.COc1nc(N)nc2c1ncn2[C@@H]1O[C@H](CO[P@@](=O)(N[C@H](C)C(=O)OC(C)C)Oc2ccccc2)[C@@H](O)[C@@]1(C)F.COc1nc(N)nc2c1ncn2[C@@H]1O[C@H](CO[P@](=O)(N[C@H](C)C(=O)OC(C)C)Oc2ccccc2)[C@@H](O)[C@@]1(C)F. The lowest BCUT2D eigenvalue weighted by molar-refractivity contribution is -0.150. The highest BCUT2D eigenvalue weighted by atomic mass is 31.2. The van der Waals surface area contributed by atoms with E-state index in [1.807, 2.05) is 0 Å². The van der Waals surface area contributed by atoms with Crippen molar-refractivity contribution >= 4 is 92.5 Å². The molecule has 3 aromatic carbocycles. The number of imidazole rings is 3. The lowest BCUT2D eigenvalue weighted by atomic mass is 9.98. The van der Waals surface area contributed by atoms with E-state index in [1.54, 1.807) is 96.1 Å². The van der Waals surface area contributed by atoms with Crippen LogP contribution in [0.1, 0.15) is 102 Å². The van der Waals surface area contributed by atoms with Gasteiger partial charge in [0, 0.05) is 0 Å². The number of hydrogen-bond donors (Lipinski definition) is 9. The number of para-hydroxylation sites is 3. The molecular weight excluding hydrogens is 1650 g/mol. The number of nitrogens with zero attached hydrogens (tertiary/aromatic N) is 12. The molecule has 0 radical (unpaired) electrons. The molecule has 0 spiro atoms. The van der Waals surface area contributed by atoms with Crippen molar-refractivity contribution in [2.24, 2.45) is 0 Å². The van der Waals surface area contributed by atoms with Crippen LogP contribution in [0, 0.1) is 0 Å². The average molecular weight is 1750 g/mol. The number of ether oxygens (including phenoxy) is 9. The molecule has 654 valence electrons. The maximum absolute atomic E-state index is 15.9. The first-order chi connectivity index (χ1) is 56.5. The molecule has 48 heteroatoms. The fourth-order valence-corrected chi connectivity index (χ4v) is 16.7. The first kappa shape index (κ1) is 92.2. The number of alkyl halides is 3. The molecule has 42 nitrogen and oxygen atoms in total. The summed E-state index contributed by atoms with van der Waals surface area (Å²) in [5.74, 6) is -1.70. The third-order valence-corrected chi connectivity index (χ3v) is 22.9. The summed E-state index contributed by atoms with van der Waals surface area (Å²) in [4.78, 5) is 73.8. The van der Waals surface area contributed by atoms with Crippen LogP contribution < -0.4 is 60.2 Å². The number of methoxy groups -OCH3 is 3. The largest absolute Gasteiger partial charge is 0.479 e. The Labute approximate surface area is 685 Å². The van der Waals surface area contributed by atoms with Crippen LogP contribution in [0.5, 0.6) is 34.9 Å². The van der Waals surface area contributed by atoms with Gasteiger partial charge in [-0.3, -0.25) is 41.7 Å². The minimum atomic E-state index is -4.29. The van der Waals surface area contributed by atoms with Crippen LogP contribution in [0.25, 0.3) is 33.5 Å². The lowest BCUT2D eigenvalue weighted by Gasteiger charge is -2.25. The first-order valence-electron chi connectivity index (χ1n) is 37.1. The number of anilines is 3. The normalized spacial score (nSPS) is 25.1. The number of hydrogen-bond acceptors (Lipinski definition) is 36. The molecule has 3 aliphatic rings. The van der Waals surface area contributed by atoms with Crippen LogP contribution in [0.2, 0.25) is 0 Å². The number of halogens is 3. The Morgan fingerprint density at radius 3 is 0.883 bits per heavy atom. The Balaban J connectivity index is 0.000000189. The highest BCUT2D eigenvalue weighted by Gasteiger charge is 2.59. The van der Waals surface area contributed by atoms with Gasteiger partial charge >= 0.3 is 41.1 Å². The zero-order valence-corrected chi connectivity index (χ0v) is 70.3. The second-order valence-corrected chi connectivity index (χ2v) is 33.8. The third-order valence-electron chi connectivity index (χ3n) is 18.0. The van der Waals surface area contributed by atoms with Crippen molar-refractivity contribution in [3.8, 4) is 34.9 Å². The van der Waals surface area contributed by atoms with E-state index >= 15 is 13.2 Å². The fraction of sp³-hybridized carbons (Fsp3) is 0.500. The quantitative estimate of drug-likeness (QED) is 0.0108. The van der Waals surface area contributed by atoms with Crippen LogP contribution in [0.4, 0.5) is 31.0 Å². The molecule has 0 bridgehead atoms. The maximum Gasteiger partial charge on any atom is 0.459 e. The second-order valence-electron chi connectivity index (χ2n) is 28.7. The van der Waals surface area contributed by atoms with Gasteiger partial charge < -0.3 is 88.7 Å². The van der Waals surface area contributed by atoms with Gasteiger partial charge in [-0.1, -0.05) is 54.6 Å². The maximum atomic E-state index is 15.9. The van der Waals surface area contributed by atoms with Crippen LogP contribution in [-0.4, -0.2) is 223 Å². The van der Waals surface area contributed by atoms with E-state index < -0.39 is 170 Å². The molecule has 0 aliphatic carbocycles. The Hall–Kier alpha value is -10.1. The molecule has 9 heterocycles. The average Bonchev–Trinajstić information content (AvgIpc) is 1.60. The van der Waals surface area contributed by atoms with Crippen molar-refractivity contribution in [3.05, 3.63) is 110 Å². The molecule has 12 N–H and O–H groups in total. The molecule has 9 aromatic rings. The number of aliphatic hydroxyl groups excluding tert-OH is 3. The number of fused-ring (bicyclic) bond motifs is 3. The number of aliphatic hydroxyl groups is 3. The Kier molecular flexibility index (Phi) is 29.5. The summed E-state index contributed by atoms with van der Waals surface area (Å²) >= 11 is 0. The van der Waals surface area contributed by atoms with Crippen molar-refractivity contribution in [3.63, 3.8) is 0 Å². The van der Waals surface area contributed by atoms with Crippen molar-refractivity contribution in [2.75, 3.05) is 58.4 Å². The van der Waals surface area contributed by atoms with E-state index in [2.05, 4.69) is 60.1 Å². The molecule has 1 unspecified atom stereocenters. The Bertz CT molecular complexity index is 4670. The molecule has 3 fully saturated rings. The standard InChI is InChI=1S/3C24H32FN6O8P/c3*1-13(2)37-21(33)14(3)30-40(34,39-15-9-7-6-8-10-15)36-11-16-18(32)24(4,25)22(38-16)31-12-27-17-19(31)28-23(26)29-20(17)35-5/h3*6-10,12-14,16,18,22,32H,11H2,1-5H3,(H,30,34)(H2,26,28,29)/t14-,16-,18-,22-,24-,40?;14-,16-,18-,22-,24-,40+;14-,16-,18-,22-,24-,40-/m111/s1. The van der Waals surface area contributed by atoms with Crippen LogP contribution in [0.15, 0.2) is 110 Å². The monoisotopic (exact) mass is 1750 g/mol. The van der Waals surface area contributed by atoms with Gasteiger partial charge in [0.1, 0.15) is 72.0 Å². The fourth-order valence-electron chi connectivity index (χ4n) is 12.2. The molecule has 6 aromatic heterocycles. The zero-order valence-electron chi connectivity index (χ0n) is 67.7. The Morgan fingerprint density at radius 1 is 0.433 bits per heavy atom. The number of benzene rings is 3. The number of rotatable bonds is 33. The first-order valence-corrected chi connectivity index (χ1v) is 41.8. The van der Waals surface area contributed by atoms with Gasteiger partial charge in [0.05, 0.1) is 78.4 Å². The summed E-state index contributed by atoms with van der Waals surface area (Å²) in [6, 6.07) is 21.0. The van der Waals surface area contributed by atoms with Crippen molar-refractivity contribution in [1.29, 1.82) is 0 Å². The highest BCUT2D eigenvalue weighted by molar-refractivity contribution is 7.52. The van der Waals surface area contributed by atoms with Crippen molar-refractivity contribution in [2.45, 2.75) is 192 Å². The molecule has 12 rings (SSSR count). The summed E-state index contributed by atoms with van der Waals surface area (Å²) in [6.07, 6.45) is -10.9. The molecule has 0 amide bonds. The molecule has 3 saturated heterocycles. The zero-order chi connectivity index (χ0) is 87.7. The van der Waals surface area contributed by atoms with Crippen LogP contribution in [-0.2, 0) is 70.1 Å². The van der Waals surface area contributed by atoms with E-state index in [1.165, 1.54) is 111 Å². The summed E-state index contributed by atoms with van der Waals surface area (Å²) < 4.78 is 175. The number of carbonyl (C=O) groups excluding carboxylic acids is 3. The predicted molar refractivity (Wildman–Crippen MR) is 421 cm³/mol. The predicted octanol–water partition coefficient (Wildman–Crippen LogP) is 7.61. The van der Waals surface area contributed by atoms with Gasteiger partial charge in [0.2, 0.25) is 35.5 Å². The summed E-state index contributed by atoms with van der Waals surface area (Å²) in [5, 5.41) is 40.1. The minimum Gasteiger partial charge on any atom is -0.479 e. The van der Waals surface area contributed by atoms with Gasteiger partial charge in [-0.25, -0.2) is 41.8 Å². The summed E-state index contributed by atoms with van der Waals surface area (Å²) in [6.45, 7) is 16.0. The third kappa shape index (κ3) is 21.6. The number of nitrogens with two attached hydrogens (primary N) is 3. The highest BCUT2D eigenvalue weighted by Crippen LogP contribution is 2.52. The van der Waals surface area contributed by atoms with Gasteiger partial charge in [0.25, 0.3) is 0 Å². The van der Waals surface area contributed by atoms with Crippen LogP contribution in [0.3, 0.4) is 0 Å². The lowest BCUT2D eigenvalue weighted by Crippen LogP contribution is -2.41. The minimum absolute atomic E-state index is 0.0791. The van der Waals surface area contributed by atoms with Crippen molar-refractivity contribution in [1.82, 2.24) is 73.8 Å². The number of nitrogen functional groups attached to an aromatic ring is 3. The van der Waals surface area contributed by atoms with E-state index in [-0.39, 0.29) is 86.2 Å². The summed E-state index contributed by atoms with van der Waals surface area (Å²) in [7, 11) is -8.75. The Morgan fingerprint density at radius 2 is 0.667 bits per heavy atom. The number of aromatic nitrogens is 12. The van der Waals surface area contributed by atoms with Gasteiger partial charge in [0.15, 0.2) is 69.2 Å². The molecule has 3 aliphatic heterocycles. The van der Waals surface area contributed by atoms with E-state index in [0.29, 0.717) is 0 Å². The number of esters is 3. The van der Waals surface area contributed by atoms with Gasteiger partial charge in [-0.2, -0.15) is 45.2 Å². The number of nitrogens with one attached hydrogen (secondary N) is 3. The van der Waals surface area contributed by atoms with E-state index in [4.69, 9.17) is 87.0 Å². The van der Waals surface area contributed by atoms with Gasteiger partial charge in [-0.05, 0) is 119 Å². The smallest absolute Gasteiger partial charge is 0.459 e. The van der Waals surface area contributed by atoms with E-state index in [9.17, 15) is 43.4 Å². The molecule has 18 atom stereocenters. The second kappa shape index (κ2) is 38.3. The van der Waals surface area contributed by atoms with Gasteiger partial charge in [-0.15, -0.1) is 0 Å². The topological polar surface area (TPSA) is 547 Å². The molecule has 0 saturated carbocycles. The van der Waals surface area contributed by atoms with Crippen LogP contribution >= 0.6 is 23.2 Å². The summed E-state index contributed by atoms with van der Waals surface area (Å²) in [5.41, 5.74) is 11.1. The number of carbonyl (C=O) groups is 3. The molecular formula is C72H96F3N18O24P3.